The van der Waals surface area contributed by atoms with E-state index in [4.69, 9.17) is 5.73 Å². The summed E-state index contributed by atoms with van der Waals surface area (Å²) < 4.78 is 52.2. The molecule has 0 bridgehead atoms. The summed E-state index contributed by atoms with van der Waals surface area (Å²) in [5.74, 6) is -2.44. The van der Waals surface area contributed by atoms with Crippen molar-refractivity contribution in [2.24, 2.45) is 0 Å². The van der Waals surface area contributed by atoms with Gasteiger partial charge in [-0.15, -0.1) is 0 Å². The molecule has 5 nitrogen and oxygen atoms in total. The van der Waals surface area contributed by atoms with Crippen LogP contribution in [-0.2, 0) is 10.0 Å². The number of benzene rings is 1. The van der Waals surface area contributed by atoms with Gasteiger partial charge in [0.05, 0.1) is 11.4 Å². The topological polar surface area (TPSA) is 85.1 Å². The number of aromatic nitrogens is 1. The van der Waals surface area contributed by atoms with Crippen LogP contribution in [0.3, 0.4) is 0 Å². The normalized spacial score (nSPS) is 11.3. The number of hydrogen-bond acceptors (Lipinski definition) is 4. The molecule has 0 saturated carbocycles. The molecule has 0 radical (unpaired) electrons. The molecule has 0 spiro atoms. The van der Waals surface area contributed by atoms with Gasteiger partial charge in [0.25, 0.3) is 10.0 Å². The lowest BCUT2D eigenvalue weighted by molar-refractivity contribution is 0.511. The second-order valence-electron chi connectivity index (χ2n) is 3.62. The van der Waals surface area contributed by atoms with Gasteiger partial charge in [0.15, 0.2) is 11.6 Å². The Morgan fingerprint density at radius 2 is 1.95 bits per heavy atom. The Labute approximate surface area is 108 Å². The zero-order chi connectivity index (χ0) is 14.0. The van der Waals surface area contributed by atoms with Crippen molar-refractivity contribution >= 4 is 21.4 Å². The smallest absolute Gasteiger partial charge is 0.265 e. The van der Waals surface area contributed by atoms with Crippen LogP contribution in [0.15, 0.2) is 41.6 Å². The number of nitrogens with zero attached hydrogens (tertiary/aromatic N) is 1. The highest BCUT2D eigenvalue weighted by Crippen LogP contribution is 2.23. The third kappa shape index (κ3) is 2.63. The van der Waals surface area contributed by atoms with E-state index in [1.807, 2.05) is 4.72 Å². The fourth-order valence-electron chi connectivity index (χ4n) is 1.40. The predicted octanol–water partition coefficient (Wildman–Crippen LogP) is 1.74. The van der Waals surface area contributed by atoms with Crippen molar-refractivity contribution in [2.45, 2.75) is 4.90 Å². The number of rotatable bonds is 3. The lowest BCUT2D eigenvalue weighted by atomic mass is 10.3. The molecule has 0 aliphatic carbocycles. The molecule has 0 amide bonds. The molecule has 2 rings (SSSR count). The van der Waals surface area contributed by atoms with E-state index in [0.717, 1.165) is 18.3 Å². The lowest BCUT2D eigenvalue weighted by Crippen LogP contribution is -2.16. The van der Waals surface area contributed by atoms with Gasteiger partial charge in [-0.25, -0.2) is 17.2 Å². The first-order valence-corrected chi connectivity index (χ1v) is 6.56. The van der Waals surface area contributed by atoms with E-state index in [2.05, 4.69) is 4.98 Å². The quantitative estimate of drug-likeness (QED) is 0.899. The highest BCUT2D eigenvalue weighted by molar-refractivity contribution is 7.92. The SMILES string of the molecule is Nc1ccncc1S(=O)(=O)Nc1cccc(F)c1F. The number of halogens is 2. The van der Waals surface area contributed by atoms with Gasteiger partial charge in [0.2, 0.25) is 0 Å². The maximum atomic E-state index is 13.4. The average molecular weight is 285 g/mol. The van der Waals surface area contributed by atoms with Crippen LogP contribution in [0.25, 0.3) is 0 Å². The van der Waals surface area contributed by atoms with E-state index in [1.54, 1.807) is 0 Å². The number of hydrogen-bond donors (Lipinski definition) is 2. The summed E-state index contributed by atoms with van der Waals surface area (Å²) in [4.78, 5) is 3.32. The number of nitrogens with two attached hydrogens (primary N) is 1. The molecule has 0 fully saturated rings. The molecule has 0 aliphatic heterocycles. The Bertz CT molecular complexity index is 720. The van der Waals surface area contributed by atoms with Gasteiger partial charge in [0.1, 0.15) is 4.90 Å². The second kappa shape index (κ2) is 4.81. The van der Waals surface area contributed by atoms with E-state index in [0.29, 0.717) is 0 Å². The maximum absolute atomic E-state index is 13.4. The van der Waals surface area contributed by atoms with Crippen molar-refractivity contribution in [3.63, 3.8) is 0 Å². The van der Waals surface area contributed by atoms with Crippen molar-refractivity contribution in [1.82, 2.24) is 4.98 Å². The Morgan fingerprint density at radius 3 is 2.63 bits per heavy atom. The molecule has 0 saturated heterocycles. The van der Waals surface area contributed by atoms with Crippen molar-refractivity contribution in [2.75, 3.05) is 10.5 Å². The van der Waals surface area contributed by atoms with Crippen LogP contribution >= 0.6 is 0 Å². The molecule has 100 valence electrons. The van der Waals surface area contributed by atoms with Gasteiger partial charge in [-0.2, -0.15) is 0 Å². The van der Waals surface area contributed by atoms with Crippen LogP contribution in [0.5, 0.6) is 0 Å². The Kier molecular flexibility index (Phi) is 3.34. The summed E-state index contributed by atoms with van der Waals surface area (Å²) in [6, 6.07) is 4.45. The monoisotopic (exact) mass is 285 g/mol. The predicted molar refractivity (Wildman–Crippen MR) is 65.8 cm³/mol. The van der Waals surface area contributed by atoms with Crippen LogP contribution < -0.4 is 10.5 Å². The highest BCUT2D eigenvalue weighted by Gasteiger charge is 2.20. The largest absolute Gasteiger partial charge is 0.398 e. The molecule has 0 aliphatic rings. The van der Waals surface area contributed by atoms with Crippen LogP contribution in [0.1, 0.15) is 0 Å². The van der Waals surface area contributed by atoms with Crippen LogP contribution in [0.2, 0.25) is 0 Å². The van der Waals surface area contributed by atoms with Gasteiger partial charge < -0.3 is 5.73 Å². The number of nitrogens with one attached hydrogen (secondary N) is 1. The summed E-state index contributed by atoms with van der Waals surface area (Å²) in [6.45, 7) is 0. The fourth-order valence-corrected chi connectivity index (χ4v) is 2.53. The first-order chi connectivity index (χ1) is 8.92. The molecule has 3 N–H and O–H groups in total. The van der Waals surface area contributed by atoms with Crippen molar-refractivity contribution in [3.05, 3.63) is 48.3 Å². The summed E-state index contributed by atoms with van der Waals surface area (Å²) in [6.07, 6.45) is 2.34. The first-order valence-electron chi connectivity index (χ1n) is 5.08. The maximum Gasteiger partial charge on any atom is 0.265 e. The van der Waals surface area contributed by atoms with Gasteiger partial charge >= 0.3 is 0 Å². The summed E-state index contributed by atoms with van der Waals surface area (Å²) >= 11 is 0. The van der Waals surface area contributed by atoms with E-state index in [9.17, 15) is 17.2 Å². The van der Waals surface area contributed by atoms with E-state index in [-0.39, 0.29) is 10.6 Å². The highest BCUT2D eigenvalue weighted by atomic mass is 32.2. The van der Waals surface area contributed by atoms with Crippen LogP contribution in [-0.4, -0.2) is 13.4 Å². The van der Waals surface area contributed by atoms with Crippen LogP contribution in [0.4, 0.5) is 20.2 Å². The zero-order valence-electron chi connectivity index (χ0n) is 9.47. The number of anilines is 2. The number of pyridine rings is 1. The third-order valence-electron chi connectivity index (χ3n) is 2.30. The standard InChI is InChI=1S/C11H9F2N3O2S/c12-7-2-1-3-9(11(7)13)16-19(17,18)10-6-15-5-4-8(10)14/h1-6,16H,(H2,14,15). The minimum absolute atomic E-state index is 0.0423. The average Bonchev–Trinajstić information content (AvgIpc) is 2.35. The van der Waals surface area contributed by atoms with Crippen LogP contribution in [0, 0.1) is 11.6 Å². The van der Waals surface area contributed by atoms with Crippen molar-refractivity contribution < 1.29 is 17.2 Å². The summed E-state index contributed by atoms with van der Waals surface area (Å²) in [5, 5.41) is 0. The van der Waals surface area contributed by atoms with Gasteiger partial charge in [-0.3, -0.25) is 9.71 Å². The van der Waals surface area contributed by atoms with E-state index < -0.39 is 27.3 Å². The fraction of sp³-hybridized carbons (Fsp3) is 0. The summed E-state index contributed by atoms with van der Waals surface area (Å²) in [7, 11) is -4.13. The van der Waals surface area contributed by atoms with E-state index in [1.165, 1.54) is 18.3 Å². The molecule has 1 aromatic heterocycles. The number of nitrogen functional groups attached to an aromatic ring is 1. The Morgan fingerprint density at radius 1 is 1.21 bits per heavy atom. The van der Waals surface area contributed by atoms with E-state index >= 15 is 0 Å². The molecule has 8 heteroatoms. The minimum atomic E-state index is -4.13. The Hall–Kier alpha value is -2.22. The zero-order valence-corrected chi connectivity index (χ0v) is 10.3. The molecular formula is C11H9F2N3O2S. The molecule has 0 unspecified atom stereocenters. The molecule has 1 aromatic carbocycles. The second-order valence-corrected chi connectivity index (χ2v) is 5.27. The lowest BCUT2D eigenvalue weighted by Gasteiger charge is -2.10. The summed E-state index contributed by atoms with van der Waals surface area (Å²) in [5.41, 5.74) is 4.96. The van der Waals surface area contributed by atoms with Gasteiger partial charge in [-0.05, 0) is 18.2 Å². The van der Waals surface area contributed by atoms with Crippen molar-refractivity contribution in [3.8, 4) is 0 Å². The third-order valence-corrected chi connectivity index (χ3v) is 3.71. The Balaban J connectivity index is 2.43. The first kappa shape index (κ1) is 13.2. The molecular weight excluding hydrogens is 276 g/mol. The molecule has 0 atom stereocenters. The molecule has 19 heavy (non-hydrogen) atoms. The van der Waals surface area contributed by atoms with Gasteiger partial charge in [-0.1, -0.05) is 6.07 Å². The molecule has 2 aromatic rings. The van der Waals surface area contributed by atoms with Crippen molar-refractivity contribution in [1.29, 1.82) is 0 Å². The van der Waals surface area contributed by atoms with Gasteiger partial charge in [0, 0.05) is 12.4 Å². The molecule has 1 heterocycles. The number of sulfonamides is 1. The minimum Gasteiger partial charge on any atom is -0.398 e.